The van der Waals surface area contributed by atoms with E-state index in [1.807, 2.05) is 18.2 Å². The first kappa shape index (κ1) is 12.4. The molecular formula is C12H18N2O2S. The maximum absolute atomic E-state index is 12.1. The quantitative estimate of drug-likeness (QED) is 0.861. The van der Waals surface area contributed by atoms with Crippen molar-refractivity contribution in [2.45, 2.75) is 37.5 Å². The minimum atomic E-state index is -3.25. The van der Waals surface area contributed by atoms with Gasteiger partial charge in [0.2, 0.25) is 10.0 Å². The maximum Gasteiger partial charge on any atom is 0.235 e. The molecule has 1 aliphatic rings. The molecule has 0 saturated heterocycles. The van der Waals surface area contributed by atoms with Crippen LogP contribution in [-0.2, 0) is 16.6 Å². The van der Waals surface area contributed by atoms with Crippen molar-refractivity contribution in [3.8, 4) is 0 Å². The van der Waals surface area contributed by atoms with E-state index in [-0.39, 0.29) is 5.25 Å². The van der Waals surface area contributed by atoms with Crippen LogP contribution in [0.1, 0.15) is 31.2 Å². The third-order valence-electron chi connectivity index (χ3n) is 3.23. The van der Waals surface area contributed by atoms with Crippen molar-refractivity contribution in [2.75, 3.05) is 4.72 Å². The highest BCUT2D eigenvalue weighted by Crippen LogP contribution is 2.27. The van der Waals surface area contributed by atoms with Gasteiger partial charge in [0.15, 0.2) is 0 Å². The summed E-state index contributed by atoms with van der Waals surface area (Å²) in [4.78, 5) is 0. The van der Waals surface area contributed by atoms with Crippen molar-refractivity contribution in [3.05, 3.63) is 29.8 Å². The van der Waals surface area contributed by atoms with E-state index in [2.05, 4.69) is 4.72 Å². The Morgan fingerprint density at radius 2 is 1.88 bits per heavy atom. The maximum atomic E-state index is 12.1. The van der Waals surface area contributed by atoms with E-state index in [1.54, 1.807) is 6.07 Å². The van der Waals surface area contributed by atoms with Gasteiger partial charge in [-0.25, -0.2) is 8.42 Å². The van der Waals surface area contributed by atoms with E-state index in [0.29, 0.717) is 12.2 Å². The first-order valence-corrected chi connectivity index (χ1v) is 7.48. The molecule has 0 aliphatic heterocycles. The lowest BCUT2D eigenvalue weighted by Crippen LogP contribution is -2.26. The summed E-state index contributed by atoms with van der Waals surface area (Å²) in [5, 5.41) is -0.242. The summed E-state index contributed by atoms with van der Waals surface area (Å²) in [5.74, 6) is 0. The van der Waals surface area contributed by atoms with Crippen molar-refractivity contribution in [3.63, 3.8) is 0 Å². The molecule has 1 saturated carbocycles. The van der Waals surface area contributed by atoms with Crippen LogP contribution in [0, 0.1) is 0 Å². The zero-order valence-corrected chi connectivity index (χ0v) is 10.5. The number of benzene rings is 1. The Hall–Kier alpha value is -1.07. The molecule has 0 atom stereocenters. The average molecular weight is 254 g/mol. The van der Waals surface area contributed by atoms with Gasteiger partial charge in [-0.3, -0.25) is 4.72 Å². The second-order valence-electron chi connectivity index (χ2n) is 4.41. The fourth-order valence-electron chi connectivity index (χ4n) is 2.23. The molecule has 4 nitrogen and oxygen atoms in total. The first-order valence-electron chi connectivity index (χ1n) is 5.93. The van der Waals surface area contributed by atoms with Gasteiger partial charge in [-0.05, 0) is 24.5 Å². The highest BCUT2D eigenvalue weighted by atomic mass is 32.2. The molecule has 3 N–H and O–H groups in total. The van der Waals surface area contributed by atoms with Gasteiger partial charge in [-0.15, -0.1) is 0 Å². The van der Waals surface area contributed by atoms with Crippen LogP contribution in [0.4, 0.5) is 5.69 Å². The highest BCUT2D eigenvalue weighted by molar-refractivity contribution is 7.93. The topological polar surface area (TPSA) is 72.2 Å². The first-order chi connectivity index (χ1) is 8.13. The Kier molecular flexibility index (Phi) is 3.69. The molecule has 2 rings (SSSR count). The van der Waals surface area contributed by atoms with E-state index in [1.165, 1.54) is 0 Å². The van der Waals surface area contributed by atoms with E-state index in [0.717, 1.165) is 31.2 Å². The van der Waals surface area contributed by atoms with Crippen LogP contribution in [0.5, 0.6) is 0 Å². The van der Waals surface area contributed by atoms with Crippen molar-refractivity contribution in [1.82, 2.24) is 0 Å². The highest BCUT2D eigenvalue weighted by Gasteiger charge is 2.28. The third kappa shape index (κ3) is 2.79. The fraction of sp³-hybridized carbons (Fsp3) is 0.500. The minimum Gasteiger partial charge on any atom is -0.326 e. The largest absolute Gasteiger partial charge is 0.326 e. The van der Waals surface area contributed by atoms with Gasteiger partial charge in [-0.1, -0.05) is 31.0 Å². The third-order valence-corrected chi connectivity index (χ3v) is 5.08. The normalized spacial score (nSPS) is 17.2. The molecule has 94 valence electrons. The number of anilines is 1. The second kappa shape index (κ2) is 5.06. The Balaban J connectivity index is 2.19. The fourth-order valence-corrected chi connectivity index (χ4v) is 3.86. The molecule has 0 unspecified atom stereocenters. The molecule has 1 fully saturated rings. The van der Waals surface area contributed by atoms with Gasteiger partial charge in [0.25, 0.3) is 0 Å². The number of hydrogen-bond donors (Lipinski definition) is 2. The van der Waals surface area contributed by atoms with Crippen LogP contribution in [0.15, 0.2) is 24.3 Å². The van der Waals surface area contributed by atoms with Crippen molar-refractivity contribution >= 4 is 15.7 Å². The average Bonchev–Trinajstić information content (AvgIpc) is 2.83. The molecule has 5 heteroatoms. The molecule has 1 aromatic carbocycles. The van der Waals surface area contributed by atoms with Gasteiger partial charge >= 0.3 is 0 Å². The SMILES string of the molecule is NCc1ccccc1NS(=O)(=O)C1CCCC1. The summed E-state index contributed by atoms with van der Waals surface area (Å²) in [6.45, 7) is 0.337. The molecular weight excluding hydrogens is 236 g/mol. The number of sulfonamides is 1. The molecule has 1 aliphatic carbocycles. The summed E-state index contributed by atoms with van der Waals surface area (Å²) in [6.07, 6.45) is 3.54. The van der Waals surface area contributed by atoms with Crippen molar-refractivity contribution in [1.29, 1.82) is 0 Å². The van der Waals surface area contributed by atoms with Crippen LogP contribution < -0.4 is 10.5 Å². The molecule has 0 heterocycles. The van der Waals surface area contributed by atoms with E-state index < -0.39 is 10.0 Å². The van der Waals surface area contributed by atoms with Gasteiger partial charge in [0.05, 0.1) is 10.9 Å². The van der Waals surface area contributed by atoms with Gasteiger partial charge in [0.1, 0.15) is 0 Å². The molecule has 0 aromatic heterocycles. The summed E-state index contributed by atoms with van der Waals surface area (Å²) in [6, 6.07) is 7.27. The van der Waals surface area contributed by atoms with Crippen LogP contribution in [0.3, 0.4) is 0 Å². The van der Waals surface area contributed by atoms with Crippen LogP contribution in [0.2, 0.25) is 0 Å². The summed E-state index contributed by atoms with van der Waals surface area (Å²) in [5.41, 5.74) is 7.03. The molecule has 0 radical (unpaired) electrons. The van der Waals surface area contributed by atoms with Crippen LogP contribution in [-0.4, -0.2) is 13.7 Å². The standard InChI is InChI=1S/C12H18N2O2S/c13-9-10-5-1-4-8-12(10)14-17(15,16)11-6-2-3-7-11/h1,4-5,8,11,14H,2-3,6-7,9,13H2. The van der Waals surface area contributed by atoms with Crippen LogP contribution in [0.25, 0.3) is 0 Å². The minimum absolute atomic E-state index is 0.242. The number of hydrogen-bond acceptors (Lipinski definition) is 3. The lowest BCUT2D eigenvalue weighted by atomic mass is 10.2. The lowest BCUT2D eigenvalue weighted by Gasteiger charge is -2.15. The number of para-hydroxylation sites is 1. The Labute approximate surface area is 102 Å². The Morgan fingerprint density at radius 3 is 2.53 bits per heavy atom. The van der Waals surface area contributed by atoms with E-state index in [9.17, 15) is 8.42 Å². The molecule has 0 amide bonds. The van der Waals surface area contributed by atoms with Gasteiger partial charge < -0.3 is 5.73 Å². The second-order valence-corrected chi connectivity index (χ2v) is 6.38. The Morgan fingerprint density at radius 1 is 1.24 bits per heavy atom. The van der Waals surface area contributed by atoms with Crippen molar-refractivity contribution < 1.29 is 8.42 Å². The Bertz CT molecular complexity index is 479. The zero-order valence-electron chi connectivity index (χ0n) is 9.72. The number of nitrogens with one attached hydrogen (secondary N) is 1. The van der Waals surface area contributed by atoms with E-state index >= 15 is 0 Å². The predicted octanol–water partition coefficient (Wildman–Crippen LogP) is 1.83. The smallest absolute Gasteiger partial charge is 0.235 e. The van der Waals surface area contributed by atoms with Gasteiger partial charge in [-0.2, -0.15) is 0 Å². The van der Waals surface area contributed by atoms with E-state index in [4.69, 9.17) is 5.73 Å². The monoisotopic (exact) mass is 254 g/mol. The lowest BCUT2D eigenvalue weighted by molar-refractivity contribution is 0.585. The zero-order chi connectivity index (χ0) is 12.3. The molecule has 1 aromatic rings. The van der Waals surface area contributed by atoms with Crippen LogP contribution >= 0.6 is 0 Å². The summed E-state index contributed by atoms with van der Waals surface area (Å²) in [7, 11) is -3.25. The summed E-state index contributed by atoms with van der Waals surface area (Å²) >= 11 is 0. The molecule has 17 heavy (non-hydrogen) atoms. The van der Waals surface area contributed by atoms with Gasteiger partial charge in [0, 0.05) is 6.54 Å². The number of nitrogens with two attached hydrogens (primary N) is 1. The predicted molar refractivity (Wildman–Crippen MR) is 69.1 cm³/mol. The molecule has 0 spiro atoms. The molecule has 0 bridgehead atoms. The number of rotatable bonds is 4. The van der Waals surface area contributed by atoms with Crippen molar-refractivity contribution in [2.24, 2.45) is 5.73 Å². The summed E-state index contributed by atoms with van der Waals surface area (Å²) < 4.78 is 26.9.